The zero-order chi connectivity index (χ0) is 15.1. The summed E-state index contributed by atoms with van der Waals surface area (Å²) in [6, 6.07) is 2.07. The first kappa shape index (κ1) is 16.0. The second kappa shape index (κ2) is 8.20. The van der Waals surface area contributed by atoms with Gasteiger partial charge in [-0.2, -0.15) is 0 Å². The van der Waals surface area contributed by atoms with Crippen molar-refractivity contribution in [1.82, 2.24) is 10.2 Å². The number of hydrogen-bond acceptors (Lipinski definition) is 4. The number of rotatable bonds is 7. The predicted octanol–water partition coefficient (Wildman–Crippen LogP) is 2.15. The first-order valence-corrected chi connectivity index (χ1v) is 7.88. The average Bonchev–Trinajstić information content (AvgIpc) is 3.06. The first-order chi connectivity index (χ1) is 10.3. The third-order valence-electron chi connectivity index (χ3n) is 4.36. The third-order valence-corrected chi connectivity index (χ3v) is 4.36. The van der Waals surface area contributed by atoms with Crippen molar-refractivity contribution in [3.8, 4) is 0 Å². The minimum atomic E-state index is -0.0621. The molecule has 1 aromatic heterocycles. The van der Waals surface area contributed by atoms with Crippen LogP contribution < -0.4 is 5.32 Å². The lowest BCUT2D eigenvalue weighted by Gasteiger charge is -2.38. The Bertz CT molecular complexity index is 409. The maximum Gasteiger partial charge on any atom is 0.254 e. The Morgan fingerprint density at radius 3 is 2.62 bits per heavy atom. The molecule has 0 saturated carbocycles. The molecule has 1 aliphatic heterocycles. The van der Waals surface area contributed by atoms with Gasteiger partial charge in [0.1, 0.15) is 6.26 Å². The van der Waals surface area contributed by atoms with Crippen molar-refractivity contribution in [3.05, 3.63) is 24.2 Å². The van der Waals surface area contributed by atoms with Crippen LogP contribution in [0, 0.1) is 5.92 Å². The molecule has 5 nitrogen and oxygen atoms in total. The van der Waals surface area contributed by atoms with E-state index in [1.165, 1.54) is 12.5 Å². The minimum absolute atomic E-state index is 0.0621. The van der Waals surface area contributed by atoms with E-state index in [1.54, 1.807) is 6.07 Å². The number of nitrogens with zero attached hydrogens (tertiary/aromatic N) is 1. The molecule has 0 aromatic carbocycles. The fraction of sp³-hybridized carbons (Fsp3) is 0.688. The molecule has 2 heterocycles. The number of ether oxygens (including phenoxy) is 1. The maximum atomic E-state index is 12.1. The van der Waals surface area contributed by atoms with E-state index in [-0.39, 0.29) is 5.91 Å². The maximum absolute atomic E-state index is 12.1. The van der Waals surface area contributed by atoms with Crippen molar-refractivity contribution in [2.24, 2.45) is 5.92 Å². The molecule has 1 amide bonds. The summed E-state index contributed by atoms with van der Waals surface area (Å²) in [5.74, 6) is 0.528. The van der Waals surface area contributed by atoms with E-state index < -0.39 is 0 Å². The highest BCUT2D eigenvalue weighted by Gasteiger charge is 2.27. The van der Waals surface area contributed by atoms with Gasteiger partial charge in [-0.1, -0.05) is 26.7 Å². The predicted molar refractivity (Wildman–Crippen MR) is 81.3 cm³/mol. The Labute approximate surface area is 126 Å². The van der Waals surface area contributed by atoms with Gasteiger partial charge in [0.25, 0.3) is 5.91 Å². The largest absolute Gasteiger partial charge is 0.472 e. The van der Waals surface area contributed by atoms with Crippen LogP contribution in [0.5, 0.6) is 0 Å². The van der Waals surface area contributed by atoms with E-state index in [4.69, 9.17) is 9.15 Å². The van der Waals surface area contributed by atoms with E-state index in [1.807, 2.05) is 0 Å². The molecule has 0 radical (unpaired) electrons. The second-order valence-corrected chi connectivity index (χ2v) is 5.51. The molecular weight excluding hydrogens is 268 g/mol. The van der Waals surface area contributed by atoms with Gasteiger partial charge in [0.05, 0.1) is 25.0 Å². The van der Waals surface area contributed by atoms with E-state index in [0.29, 0.717) is 24.1 Å². The van der Waals surface area contributed by atoms with Gasteiger partial charge in [-0.15, -0.1) is 0 Å². The van der Waals surface area contributed by atoms with Crippen LogP contribution in [0.4, 0.5) is 0 Å². The molecule has 1 aliphatic rings. The topological polar surface area (TPSA) is 54.7 Å². The number of carbonyl (C=O) groups excluding carboxylic acids is 1. The zero-order valence-corrected chi connectivity index (χ0v) is 13.0. The lowest BCUT2D eigenvalue weighted by molar-refractivity contribution is 0.00191. The van der Waals surface area contributed by atoms with Crippen molar-refractivity contribution in [2.75, 3.05) is 32.8 Å². The molecule has 1 N–H and O–H groups in total. The highest BCUT2D eigenvalue weighted by Crippen LogP contribution is 2.19. The molecule has 0 spiro atoms. The summed E-state index contributed by atoms with van der Waals surface area (Å²) < 4.78 is 10.4. The summed E-state index contributed by atoms with van der Waals surface area (Å²) in [4.78, 5) is 14.5. The van der Waals surface area contributed by atoms with Gasteiger partial charge in [0, 0.05) is 25.7 Å². The fourth-order valence-corrected chi connectivity index (χ4v) is 3.03. The van der Waals surface area contributed by atoms with Crippen LogP contribution in [-0.4, -0.2) is 49.7 Å². The smallest absolute Gasteiger partial charge is 0.254 e. The number of morpholine rings is 1. The number of hydrogen-bond donors (Lipinski definition) is 1. The van der Waals surface area contributed by atoms with Crippen molar-refractivity contribution in [1.29, 1.82) is 0 Å². The summed E-state index contributed by atoms with van der Waals surface area (Å²) in [7, 11) is 0. The zero-order valence-electron chi connectivity index (χ0n) is 13.0. The number of furan rings is 1. The summed E-state index contributed by atoms with van der Waals surface area (Å²) in [5, 5.41) is 3.05. The highest BCUT2D eigenvalue weighted by atomic mass is 16.5. The number of amides is 1. The Kier molecular flexibility index (Phi) is 6.26. The van der Waals surface area contributed by atoms with Crippen LogP contribution in [0.25, 0.3) is 0 Å². The van der Waals surface area contributed by atoms with E-state index in [2.05, 4.69) is 24.1 Å². The summed E-state index contributed by atoms with van der Waals surface area (Å²) in [6.07, 6.45) is 5.26. The van der Waals surface area contributed by atoms with Crippen molar-refractivity contribution < 1.29 is 13.9 Å². The molecule has 1 aromatic rings. The molecule has 2 rings (SSSR count). The SMILES string of the molecule is CCC(CC)C(CNC(=O)c1ccoc1)N1CCOCC1. The molecule has 0 bridgehead atoms. The second-order valence-electron chi connectivity index (χ2n) is 5.51. The molecule has 1 saturated heterocycles. The normalized spacial score (nSPS) is 17.9. The Morgan fingerprint density at radius 1 is 1.33 bits per heavy atom. The first-order valence-electron chi connectivity index (χ1n) is 7.88. The van der Waals surface area contributed by atoms with Crippen LogP contribution in [0.1, 0.15) is 37.0 Å². The summed E-state index contributed by atoms with van der Waals surface area (Å²) >= 11 is 0. The Morgan fingerprint density at radius 2 is 2.05 bits per heavy atom. The highest BCUT2D eigenvalue weighted by molar-refractivity contribution is 5.93. The van der Waals surface area contributed by atoms with Gasteiger partial charge in [-0.05, 0) is 12.0 Å². The molecule has 118 valence electrons. The van der Waals surface area contributed by atoms with Gasteiger partial charge < -0.3 is 14.5 Å². The van der Waals surface area contributed by atoms with Crippen LogP contribution in [-0.2, 0) is 4.74 Å². The molecule has 1 fully saturated rings. The average molecular weight is 294 g/mol. The molecule has 5 heteroatoms. The number of nitrogens with one attached hydrogen (secondary N) is 1. The van der Waals surface area contributed by atoms with Crippen molar-refractivity contribution in [3.63, 3.8) is 0 Å². The van der Waals surface area contributed by atoms with Gasteiger partial charge in [0.15, 0.2) is 0 Å². The van der Waals surface area contributed by atoms with E-state index >= 15 is 0 Å². The van der Waals surface area contributed by atoms with Gasteiger partial charge in [-0.3, -0.25) is 9.69 Å². The third kappa shape index (κ3) is 4.32. The van der Waals surface area contributed by atoms with Crippen molar-refractivity contribution >= 4 is 5.91 Å². The van der Waals surface area contributed by atoms with Gasteiger partial charge in [0.2, 0.25) is 0 Å². The minimum Gasteiger partial charge on any atom is -0.472 e. The lowest BCUT2D eigenvalue weighted by Crippen LogP contribution is -2.52. The molecular formula is C16H26N2O3. The number of carbonyl (C=O) groups is 1. The van der Waals surface area contributed by atoms with Gasteiger partial charge in [-0.25, -0.2) is 0 Å². The van der Waals surface area contributed by atoms with E-state index in [9.17, 15) is 4.79 Å². The standard InChI is InChI=1S/C16H26N2O3/c1-3-13(4-2)15(18-6-9-20-10-7-18)11-17-16(19)14-5-8-21-12-14/h5,8,12-13,15H,3-4,6-7,9-11H2,1-2H3,(H,17,19). The summed E-state index contributed by atoms with van der Waals surface area (Å²) in [5.41, 5.74) is 0.584. The molecule has 1 unspecified atom stereocenters. The van der Waals surface area contributed by atoms with Crippen molar-refractivity contribution in [2.45, 2.75) is 32.7 Å². The quantitative estimate of drug-likeness (QED) is 0.837. The van der Waals surface area contributed by atoms with Crippen LogP contribution in [0.3, 0.4) is 0 Å². The monoisotopic (exact) mass is 294 g/mol. The van der Waals surface area contributed by atoms with Crippen LogP contribution >= 0.6 is 0 Å². The molecule has 21 heavy (non-hydrogen) atoms. The van der Waals surface area contributed by atoms with Gasteiger partial charge >= 0.3 is 0 Å². The van der Waals surface area contributed by atoms with Crippen LogP contribution in [0.15, 0.2) is 23.0 Å². The fourth-order valence-electron chi connectivity index (χ4n) is 3.03. The molecule has 0 aliphatic carbocycles. The Hall–Kier alpha value is -1.33. The lowest BCUT2D eigenvalue weighted by atomic mass is 9.92. The van der Waals surface area contributed by atoms with Crippen LogP contribution in [0.2, 0.25) is 0 Å². The van der Waals surface area contributed by atoms with E-state index in [0.717, 1.165) is 39.1 Å². The Balaban J connectivity index is 1.96. The molecule has 1 atom stereocenters. The summed E-state index contributed by atoms with van der Waals surface area (Å²) in [6.45, 7) is 8.58.